The Kier molecular flexibility index (Phi) is 5.29. The molecule has 1 aliphatic rings. The Labute approximate surface area is 97.9 Å². The van der Waals surface area contributed by atoms with E-state index in [1.54, 1.807) is 0 Å². The van der Waals surface area contributed by atoms with Gasteiger partial charge in [0.2, 0.25) is 5.91 Å². The van der Waals surface area contributed by atoms with Crippen LogP contribution in [0.25, 0.3) is 0 Å². The van der Waals surface area contributed by atoms with Gasteiger partial charge in [-0.3, -0.25) is 9.79 Å². The molecule has 1 heterocycles. The van der Waals surface area contributed by atoms with Crippen LogP contribution in [0.2, 0.25) is 0 Å². The first-order valence-corrected chi connectivity index (χ1v) is 6.19. The van der Waals surface area contributed by atoms with Gasteiger partial charge in [-0.15, -0.1) is 0 Å². The Morgan fingerprint density at radius 2 is 1.94 bits per heavy atom. The first kappa shape index (κ1) is 13.0. The lowest BCUT2D eigenvalue weighted by Gasteiger charge is -2.26. The van der Waals surface area contributed by atoms with Crippen LogP contribution < -0.4 is 5.73 Å². The van der Waals surface area contributed by atoms with Gasteiger partial charge in [0.25, 0.3) is 0 Å². The summed E-state index contributed by atoms with van der Waals surface area (Å²) in [5, 5.41) is 0. The number of nitrogens with zero attached hydrogens (tertiary/aromatic N) is 2. The van der Waals surface area contributed by atoms with E-state index in [2.05, 4.69) is 4.99 Å². The third kappa shape index (κ3) is 4.21. The predicted molar refractivity (Wildman–Crippen MR) is 66.4 cm³/mol. The van der Waals surface area contributed by atoms with E-state index in [1.807, 2.05) is 18.7 Å². The topological polar surface area (TPSA) is 58.7 Å². The van der Waals surface area contributed by atoms with Gasteiger partial charge in [0.1, 0.15) is 0 Å². The molecule has 0 bridgehead atoms. The third-order valence-corrected chi connectivity index (χ3v) is 2.92. The normalized spacial score (nSPS) is 17.9. The lowest BCUT2D eigenvalue weighted by Crippen LogP contribution is -2.35. The first-order chi connectivity index (χ1) is 7.61. The average molecular weight is 225 g/mol. The van der Waals surface area contributed by atoms with Crippen molar-refractivity contribution in [2.75, 3.05) is 19.6 Å². The number of piperidine rings is 1. The molecule has 1 amide bonds. The molecule has 0 aromatic heterocycles. The van der Waals surface area contributed by atoms with Crippen LogP contribution in [-0.4, -0.2) is 36.3 Å². The molecule has 1 aliphatic heterocycles. The number of amidine groups is 1. The number of hydrogen-bond donors (Lipinski definition) is 1. The second kappa shape index (κ2) is 6.51. The second-order valence-corrected chi connectivity index (χ2v) is 4.65. The number of amides is 1. The SMILES string of the molecule is CC(C)C(N)=NCCC(=O)N1CCCCC1. The number of nitrogens with two attached hydrogens (primary N) is 1. The summed E-state index contributed by atoms with van der Waals surface area (Å²) in [5.41, 5.74) is 5.71. The molecule has 16 heavy (non-hydrogen) atoms. The number of aliphatic imine (C=N–C) groups is 1. The Morgan fingerprint density at radius 3 is 2.50 bits per heavy atom. The number of carbonyl (C=O) groups is 1. The monoisotopic (exact) mass is 225 g/mol. The summed E-state index contributed by atoms with van der Waals surface area (Å²) >= 11 is 0. The number of carbonyl (C=O) groups excluding carboxylic acids is 1. The maximum Gasteiger partial charge on any atom is 0.224 e. The summed E-state index contributed by atoms with van der Waals surface area (Å²) < 4.78 is 0. The Hall–Kier alpha value is -1.06. The number of rotatable bonds is 4. The van der Waals surface area contributed by atoms with Gasteiger partial charge in [-0.2, -0.15) is 0 Å². The Bertz CT molecular complexity index is 255. The highest BCUT2D eigenvalue weighted by Gasteiger charge is 2.15. The lowest BCUT2D eigenvalue weighted by atomic mass is 10.1. The largest absolute Gasteiger partial charge is 0.387 e. The minimum absolute atomic E-state index is 0.222. The zero-order chi connectivity index (χ0) is 12.0. The molecule has 0 aromatic rings. The van der Waals surface area contributed by atoms with E-state index in [4.69, 9.17) is 5.73 Å². The molecule has 0 atom stereocenters. The van der Waals surface area contributed by atoms with Crippen LogP contribution in [-0.2, 0) is 4.79 Å². The standard InChI is InChI=1S/C12H23N3O/c1-10(2)12(13)14-7-6-11(16)15-8-4-3-5-9-15/h10H,3-9H2,1-2H3,(H2,13,14). The highest BCUT2D eigenvalue weighted by Crippen LogP contribution is 2.09. The fourth-order valence-corrected chi connectivity index (χ4v) is 1.76. The summed E-state index contributed by atoms with van der Waals surface area (Å²) in [6, 6.07) is 0. The highest BCUT2D eigenvalue weighted by molar-refractivity contribution is 5.82. The van der Waals surface area contributed by atoms with Crippen molar-refractivity contribution in [3.8, 4) is 0 Å². The van der Waals surface area contributed by atoms with Gasteiger partial charge in [0, 0.05) is 32.0 Å². The molecule has 1 fully saturated rings. The fraction of sp³-hybridized carbons (Fsp3) is 0.833. The fourth-order valence-electron chi connectivity index (χ4n) is 1.76. The zero-order valence-electron chi connectivity index (χ0n) is 10.4. The van der Waals surface area contributed by atoms with Crippen LogP contribution in [0, 0.1) is 5.92 Å². The van der Waals surface area contributed by atoms with Crippen molar-refractivity contribution in [3.63, 3.8) is 0 Å². The van der Waals surface area contributed by atoms with Crippen molar-refractivity contribution in [2.24, 2.45) is 16.6 Å². The van der Waals surface area contributed by atoms with Crippen LogP contribution in [0.4, 0.5) is 0 Å². The molecule has 0 unspecified atom stereocenters. The molecular weight excluding hydrogens is 202 g/mol. The molecule has 0 aromatic carbocycles. The minimum Gasteiger partial charge on any atom is -0.387 e. The van der Waals surface area contributed by atoms with Gasteiger partial charge < -0.3 is 10.6 Å². The molecule has 0 aliphatic carbocycles. The zero-order valence-corrected chi connectivity index (χ0v) is 10.4. The van der Waals surface area contributed by atoms with E-state index in [0.29, 0.717) is 18.8 Å². The average Bonchev–Trinajstić information content (AvgIpc) is 2.29. The minimum atomic E-state index is 0.222. The van der Waals surface area contributed by atoms with Gasteiger partial charge in [-0.1, -0.05) is 13.8 Å². The van der Waals surface area contributed by atoms with E-state index in [1.165, 1.54) is 6.42 Å². The van der Waals surface area contributed by atoms with Gasteiger partial charge >= 0.3 is 0 Å². The quantitative estimate of drug-likeness (QED) is 0.581. The van der Waals surface area contributed by atoms with Crippen molar-refractivity contribution in [2.45, 2.75) is 39.5 Å². The molecule has 1 rings (SSSR count). The van der Waals surface area contributed by atoms with Gasteiger partial charge in [-0.25, -0.2) is 0 Å². The van der Waals surface area contributed by atoms with E-state index >= 15 is 0 Å². The molecule has 4 nitrogen and oxygen atoms in total. The van der Waals surface area contributed by atoms with Crippen molar-refractivity contribution in [3.05, 3.63) is 0 Å². The number of likely N-dealkylation sites (tertiary alicyclic amines) is 1. The third-order valence-electron chi connectivity index (χ3n) is 2.92. The summed E-state index contributed by atoms with van der Waals surface area (Å²) in [4.78, 5) is 17.9. The Balaban J connectivity index is 2.26. The second-order valence-electron chi connectivity index (χ2n) is 4.65. The van der Waals surface area contributed by atoms with Crippen LogP contribution in [0.3, 0.4) is 0 Å². The van der Waals surface area contributed by atoms with Gasteiger partial charge in [-0.05, 0) is 19.3 Å². The van der Waals surface area contributed by atoms with Gasteiger partial charge in [0.05, 0.1) is 5.84 Å². The molecule has 1 saturated heterocycles. The summed E-state index contributed by atoms with van der Waals surface area (Å²) in [6.45, 7) is 6.38. The van der Waals surface area contributed by atoms with E-state index in [0.717, 1.165) is 25.9 Å². The highest BCUT2D eigenvalue weighted by atomic mass is 16.2. The molecule has 4 heteroatoms. The number of hydrogen-bond acceptors (Lipinski definition) is 2. The van der Waals surface area contributed by atoms with E-state index < -0.39 is 0 Å². The van der Waals surface area contributed by atoms with Crippen molar-refractivity contribution < 1.29 is 4.79 Å². The van der Waals surface area contributed by atoms with E-state index in [9.17, 15) is 4.79 Å². The van der Waals surface area contributed by atoms with E-state index in [-0.39, 0.29) is 11.8 Å². The van der Waals surface area contributed by atoms with Crippen molar-refractivity contribution in [1.29, 1.82) is 0 Å². The molecule has 2 N–H and O–H groups in total. The van der Waals surface area contributed by atoms with Crippen molar-refractivity contribution >= 4 is 11.7 Å². The maximum atomic E-state index is 11.8. The summed E-state index contributed by atoms with van der Waals surface area (Å²) in [7, 11) is 0. The molecule has 0 saturated carbocycles. The van der Waals surface area contributed by atoms with Gasteiger partial charge in [0.15, 0.2) is 0 Å². The smallest absolute Gasteiger partial charge is 0.224 e. The summed E-state index contributed by atoms with van der Waals surface area (Å²) in [5.74, 6) is 1.14. The lowest BCUT2D eigenvalue weighted by molar-refractivity contribution is -0.131. The first-order valence-electron chi connectivity index (χ1n) is 6.19. The summed E-state index contributed by atoms with van der Waals surface area (Å²) in [6.07, 6.45) is 4.03. The maximum absolute atomic E-state index is 11.8. The molecular formula is C12H23N3O. The Morgan fingerprint density at radius 1 is 1.31 bits per heavy atom. The van der Waals surface area contributed by atoms with Crippen LogP contribution in [0.5, 0.6) is 0 Å². The molecule has 0 spiro atoms. The predicted octanol–water partition coefficient (Wildman–Crippen LogP) is 1.40. The van der Waals surface area contributed by atoms with Crippen LogP contribution >= 0.6 is 0 Å². The van der Waals surface area contributed by atoms with Crippen LogP contribution in [0.1, 0.15) is 39.5 Å². The van der Waals surface area contributed by atoms with Crippen LogP contribution in [0.15, 0.2) is 4.99 Å². The van der Waals surface area contributed by atoms with Crippen molar-refractivity contribution in [1.82, 2.24) is 4.90 Å². The molecule has 92 valence electrons. The molecule has 0 radical (unpaired) electrons.